The molecule has 0 atom stereocenters. The van der Waals surface area contributed by atoms with Crippen LogP contribution in [0.4, 0.5) is 0 Å². The summed E-state index contributed by atoms with van der Waals surface area (Å²) in [6, 6.07) is 0. The van der Waals surface area contributed by atoms with Crippen LogP contribution < -0.4 is 0 Å². The van der Waals surface area contributed by atoms with Crippen LogP contribution in [-0.4, -0.2) is 11.9 Å². The number of esters is 2. The molecule has 0 aromatic carbocycles. The lowest BCUT2D eigenvalue weighted by molar-refractivity contribution is -0.150. The molecule has 0 N–H and O–H groups in total. The van der Waals surface area contributed by atoms with Gasteiger partial charge >= 0.3 is 11.9 Å². The van der Waals surface area contributed by atoms with Crippen molar-refractivity contribution in [1.82, 2.24) is 0 Å². The topological polar surface area (TPSA) is 43.4 Å². The second kappa shape index (κ2) is 3.83. The summed E-state index contributed by atoms with van der Waals surface area (Å²) in [5.74, 6) is -1.16. The quantitative estimate of drug-likeness (QED) is 0.366. The fourth-order valence-electron chi connectivity index (χ4n) is 0.303. The Kier molecular flexibility index (Phi) is 3.35. The van der Waals surface area contributed by atoms with Crippen LogP contribution in [0.1, 0.15) is 16.7 Å². The van der Waals surface area contributed by atoms with Crippen molar-refractivity contribution in [2.75, 3.05) is 0 Å². The minimum atomic E-state index is -0.579. The average molecular weight is 132 g/mol. The molecule has 0 fully saturated rings. The Balaban J connectivity index is -0.000000149. The number of hydrogen-bond acceptors (Lipinski definition) is 3. The number of rotatable bonds is 0. The van der Waals surface area contributed by atoms with Crippen LogP contribution in [0.2, 0.25) is 0 Å². The number of hydrogen-bond donors (Lipinski definition) is 0. The molecule has 0 saturated carbocycles. The van der Waals surface area contributed by atoms with Gasteiger partial charge in [-0.3, -0.25) is 0 Å². The van der Waals surface area contributed by atoms with Gasteiger partial charge in [0.25, 0.3) is 0 Å². The minimum Gasteiger partial charge on any atom is -0.387 e. The van der Waals surface area contributed by atoms with Crippen LogP contribution in [0.5, 0.6) is 0 Å². The lowest BCUT2D eigenvalue weighted by Gasteiger charge is -1.80. The number of cyclic esters (lactones) is 2. The molecule has 0 spiro atoms. The van der Waals surface area contributed by atoms with E-state index in [-0.39, 0.29) is 2.85 Å². The van der Waals surface area contributed by atoms with E-state index in [0.717, 1.165) is 12.2 Å². The van der Waals surface area contributed by atoms with Gasteiger partial charge < -0.3 is 4.74 Å². The molecule has 1 aliphatic heterocycles. The summed E-state index contributed by atoms with van der Waals surface area (Å²) in [7, 11) is 0. The first-order valence-corrected chi connectivity index (χ1v) is 2.73. The predicted octanol–water partition coefficient (Wildman–Crippen LogP) is 1.14. The van der Waals surface area contributed by atoms with Gasteiger partial charge in [-0.1, -0.05) is 13.8 Å². The molecule has 0 bridgehead atoms. The van der Waals surface area contributed by atoms with Crippen molar-refractivity contribution >= 4 is 11.9 Å². The Bertz CT molecular complexity index is 138. The van der Waals surface area contributed by atoms with E-state index in [9.17, 15) is 9.59 Å². The Labute approximate surface area is 56.3 Å². The van der Waals surface area contributed by atoms with Gasteiger partial charge in [0, 0.05) is 15.0 Å². The van der Waals surface area contributed by atoms with Crippen LogP contribution in [0.15, 0.2) is 12.2 Å². The number of ether oxygens (including phenoxy) is 1. The highest BCUT2D eigenvalue weighted by Crippen LogP contribution is 1.92. The lowest BCUT2D eigenvalue weighted by Crippen LogP contribution is -1.96. The van der Waals surface area contributed by atoms with E-state index in [4.69, 9.17) is 0 Å². The highest BCUT2D eigenvalue weighted by molar-refractivity contribution is 6.04. The van der Waals surface area contributed by atoms with E-state index in [2.05, 4.69) is 4.74 Å². The lowest BCUT2D eigenvalue weighted by atomic mass is 10.6. The summed E-state index contributed by atoms with van der Waals surface area (Å²) in [4.78, 5) is 19.8. The van der Waals surface area contributed by atoms with Crippen molar-refractivity contribution in [3.63, 3.8) is 0 Å². The first kappa shape index (κ1) is 7.88. The second-order valence-electron chi connectivity index (χ2n) is 1.07. The number of carbonyl (C=O) groups excluding carboxylic acids is 2. The third-order valence-corrected chi connectivity index (χ3v) is 0.557. The standard InChI is InChI=1S/C4H2O3.C2H6.2H2/c5-3-1-2-4(6)7-3;1-2;;/h1-2H;1-2H3;2*1H. The maximum absolute atomic E-state index is 9.92. The zero-order valence-electron chi connectivity index (χ0n) is 5.38. The summed E-state index contributed by atoms with van der Waals surface area (Å²) in [6.07, 6.45) is 2.17. The largest absolute Gasteiger partial charge is 0.387 e. The molecule has 0 aliphatic carbocycles. The van der Waals surface area contributed by atoms with Crippen molar-refractivity contribution in [1.29, 1.82) is 0 Å². The first-order valence-electron chi connectivity index (χ1n) is 2.73. The van der Waals surface area contributed by atoms with Crippen molar-refractivity contribution in [3.05, 3.63) is 12.2 Å². The SMILES string of the molecule is CC.O=C1C=CC(=O)O1.[HH].[HH]. The van der Waals surface area contributed by atoms with Crippen molar-refractivity contribution < 1.29 is 17.2 Å². The first-order chi connectivity index (χ1) is 4.29. The van der Waals surface area contributed by atoms with Crippen LogP contribution in [0.3, 0.4) is 0 Å². The van der Waals surface area contributed by atoms with E-state index in [1.807, 2.05) is 13.8 Å². The van der Waals surface area contributed by atoms with Gasteiger partial charge in [0.05, 0.1) is 0 Å². The van der Waals surface area contributed by atoms with E-state index >= 15 is 0 Å². The van der Waals surface area contributed by atoms with E-state index < -0.39 is 11.9 Å². The monoisotopic (exact) mass is 132 g/mol. The Morgan fingerprint density at radius 1 is 1.22 bits per heavy atom. The Morgan fingerprint density at radius 3 is 1.67 bits per heavy atom. The molecule has 1 heterocycles. The normalized spacial score (nSPS) is 14.4. The molecule has 1 aliphatic rings. The molecule has 0 saturated heterocycles. The molecule has 9 heavy (non-hydrogen) atoms. The van der Waals surface area contributed by atoms with Gasteiger partial charge in [-0.05, 0) is 0 Å². The maximum Gasteiger partial charge on any atom is 0.338 e. The zero-order valence-corrected chi connectivity index (χ0v) is 5.38. The van der Waals surface area contributed by atoms with Gasteiger partial charge in [0.2, 0.25) is 0 Å². The molecule has 0 radical (unpaired) electrons. The molecule has 1 rings (SSSR count). The molecule has 3 heteroatoms. The van der Waals surface area contributed by atoms with Crippen LogP contribution >= 0.6 is 0 Å². The zero-order chi connectivity index (χ0) is 7.28. The smallest absolute Gasteiger partial charge is 0.338 e. The predicted molar refractivity (Wildman–Crippen MR) is 35.8 cm³/mol. The molecule has 0 aromatic rings. The summed E-state index contributed by atoms with van der Waals surface area (Å²) in [5, 5.41) is 0. The van der Waals surface area contributed by atoms with E-state index in [1.54, 1.807) is 0 Å². The second-order valence-corrected chi connectivity index (χ2v) is 1.07. The van der Waals surface area contributed by atoms with Crippen LogP contribution in [0.25, 0.3) is 0 Å². The van der Waals surface area contributed by atoms with Gasteiger partial charge in [-0.2, -0.15) is 0 Å². The van der Waals surface area contributed by atoms with Gasteiger partial charge in [-0.25, -0.2) is 9.59 Å². The van der Waals surface area contributed by atoms with Gasteiger partial charge in [-0.15, -0.1) is 0 Å². The molecule has 0 aromatic heterocycles. The minimum absolute atomic E-state index is 0. The summed E-state index contributed by atoms with van der Waals surface area (Å²) < 4.78 is 3.97. The number of carbonyl (C=O) groups is 2. The molecule has 3 nitrogen and oxygen atoms in total. The summed E-state index contributed by atoms with van der Waals surface area (Å²) >= 11 is 0. The van der Waals surface area contributed by atoms with Crippen molar-refractivity contribution in [2.45, 2.75) is 13.8 Å². The van der Waals surface area contributed by atoms with Crippen LogP contribution in [-0.2, 0) is 14.3 Å². The molecule has 0 amide bonds. The average Bonchev–Trinajstić information content (AvgIpc) is 2.20. The maximum atomic E-state index is 9.92. The van der Waals surface area contributed by atoms with Crippen molar-refractivity contribution in [2.24, 2.45) is 0 Å². The third-order valence-electron chi connectivity index (χ3n) is 0.557. The molecular formula is C6H12O3. The third kappa shape index (κ3) is 2.64. The molecular weight excluding hydrogens is 120 g/mol. The summed E-state index contributed by atoms with van der Waals surface area (Å²) in [5.41, 5.74) is 0. The fraction of sp³-hybridized carbons (Fsp3) is 0.333. The molecule has 0 unspecified atom stereocenters. The van der Waals surface area contributed by atoms with Crippen molar-refractivity contribution in [3.8, 4) is 0 Å². The van der Waals surface area contributed by atoms with Crippen LogP contribution in [0, 0.1) is 0 Å². The van der Waals surface area contributed by atoms with E-state index in [0.29, 0.717) is 0 Å². The van der Waals surface area contributed by atoms with E-state index in [1.165, 1.54) is 0 Å². The van der Waals surface area contributed by atoms with Gasteiger partial charge in [0.1, 0.15) is 0 Å². The highest BCUT2D eigenvalue weighted by atomic mass is 16.6. The Hall–Kier alpha value is -1.12. The Morgan fingerprint density at radius 2 is 1.56 bits per heavy atom. The molecule has 54 valence electrons. The fourth-order valence-corrected chi connectivity index (χ4v) is 0.303. The van der Waals surface area contributed by atoms with Gasteiger partial charge in [0.15, 0.2) is 0 Å². The summed E-state index contributed by atoms with van der Waals surface area (Å²) in [6.45, 7) is 4.00. The highest BCUT2D eigenvalue weighted by Gasteiger charge is 2.10.